The molecule has 17 heavy (non-hydrogen) atoms. The Bertz CT molecular complexity index is 368. The molecule has 0 unspecified atom stereocenters. The number of ether oxygens (including phenoxy) is 1. The normalized spacial score (nSPS) is 10.1. The Labute approximate surface area is 111 Å². The predicted octanol–water partition coefficient (Wildman–Crippen LogP) is 2.83. The van der Waals surface area contributed by atoms with Crippen LogP contribution in [0.25, 0.3) is 0 Å². The van der Waals surface area contributed by atoms with Crippen LogP contribution in [0.1, 0.15) is 18.9 Å². The second kappa shape index (κ2) is 7.33. The molecule has 0 aromatic heterocycles. The van der Waals surface area contributed by atoms with Gasteiger partial charge < -0.3 is 9.64 Å². The van der Waals surface area contributed by atoms with Crippen LogP contribution in [0.2, 0.25) is 0 Å². The van der Waals surface area contributed by atoms with E-state index < -0.39 is 0 Å². The van der Waals surface area contributed by atoms with E-state index in [4.69, 9.17) is 4.74 Å². The highest BCUT2D eigenvalue weighted by atomic mass is 79.9. The number of benzene rings is 1. The number of hydrogen-bond donors (Lipinski definition) is 0. The molecule has 0 radical (unpaired) electrons. The molecule has 0 bridgehead atoms. The third kappa shape index (κ3) is 4.38. The lowest BCUT2D eigenvalue weighted by Gasteiger charge is -2.18. The average Bonchev–Trinajstić information content (AvgIpc) is 2.36. The maximum absolute atomic E-state index is 11.5. The molecule has 0 fully saturated rings. The van der Waals surface area contributed by atoms with E-state index >= 15 is 0 Å². The van der Waals surface area contributed by atoms with Crippen LogP contribution in [0.15, 0.2) is 24.3 Å². The van der Waals surface area contributed by atoms with Crippen molar-refractivity contribution in [2.45, 2.75) is 19.9 Å². The van der Waals surface area contributed by atoms with Crippen molar-refractivity contribution in [1.82, 2.24) is 4.90 Å². The first-order chi connectivity index (χ1) is 8.19. The van der Waals surface area contributed by atoms with E-state index in [1.807, 2.05) is 24.3 Å². The molecule has 0 aliphatic rings. The Kier molecular flexibility index (Phi) is 6.05. The number of alkyl halides is 1. The molecule has 0 atom stereocenters. The lowest BCUT2D eigenvalue weighted by molar-refractivity contribution is -0.127. The summed E-state index contributed by atoms with van der Waals surface area (Å²) in [7, 11) is 1.79. The number of nitrogens with zero attached hydrogens (tertiary/aromatic N) is 1. The number of rotatable bonds is 6. The van der Waals surface area contributed by atoms with Crippen LogP contribution >= 0.6 is 15.9 Å². The van der Waals surface area contributed by atoms with Gasteiger partial charge in [0.1, 0.15) is 5.75 Å². The van der Waals surface area contributed by atoms with Crippen LogP contribution < -0.4 is 4.74 Å². The summed E-state index contributed by atoms with van der Waals surface area (Å²) in [5, 5.41) is 0.349. The van der Waals surface area contributed by atoms with Crippen molar-refractivity contribution in [3.05, 3.63) is 29.8 Å². The summed E-state index contributed by atoms with van der Waals surface area (Å²) in [4.78, 5) is 13.2. The number of carbonyl (C=O) groups excluding carboxylic acids is 1. The van der Waals surface area contributed by atoms with E-state index in [-0.39, 0.29) is 5.91 Å². The van der Waals surface area contributed by atoms with E-state index in [2.05, 4.69) is 22.9 Å². The predicted molar refractivity (Wildman–Crippen MR) is 72.5 cm³/mol. The quantitative estimate of drug-likeness (QED) is 0.756. The first-order valence-electron chi connectivity index (χ1n) is 5.69. The Morgan fingerprint density at radius 1 is 1.41 bits per heavy atom. The highest BCUT2D eigenvalue weighted by Crippen LogP contribution is 2.19. The van der Waals surface area contributed by atoms with E-state index in [0.29, 0.717) is 18.5 Å². The topological polar surface area (TPSA) is 29.5 Å². The molecule has 1 aromatic rings. The third-order valence-electron chi connectivity index (χ3n) is 2.38. The minimum absolute atomic E-state index is 0.0651. The number of carbonyl (C=O) groups is 1. The molecular formula is C13H18BrNO2. The highest BCUT2D eigenvalue weighted by molar-refractivity contribution is 9.09. The van der Waals surface area contributed by atoms with E-state index in [1.165, 1.54) is 0 Å². The van der Waals surface area contributed by atoms with Gasteiger partial charge >= 0.3 is 0 Å². The second-order valence-electron chi connectivity index (χ2n) is 3.84. The Morgan fingerprint density at radius 2 is 2.12 bits per heavy atom. The van der Waals surface area contributed by atoms with Crippen molar-refractivity contribution in [2.75, 3.05) is 19.0 Å². The second-order valence-corrected chi connectivity index (χ2v) is 4.40. The molecule has 0 saturated heterocycles. The molecule has 0 heterocycles. The Balaban J connectivity index is 2.72. The van der Waals surface area contributed by atoms with Crippen LogP contribution in [0.5, 0.6) is 5.75 Å². The van der Waals surface area contributed by atoms with Crippen LogP contribution in [-0.2, 0) is 11.3 Å². The van der Waals surface area contributed by atoms with E-state index in [1.54, 1.807) is 11.9 Å². The molecule has 0 saturated carbocycles. The minimum Gasteiger partial charge on any atom is -0.493 e. The third-order valence-corrected chi connectivity index (χ3v) is 2.86. The zero-order valence-corrected chi connectivity index (χ0v) is 11.9. The van der Waals surface area contributed by atoms with Gasteiger partial charge in [0.15, 0.2) is 0 Å². The Hall–Kier alpha value is -1.03. The SMILES string of the molecule is CCCOc1ccccc1CN(C)C(=O)CBr. The van der Waals surface area contributed by atoms with Crippen molar-refractivity contribution < 1.29 is 9.53 Å². The first kappa shape index (κ1) is 14.0. The maximum Gasteiger partial charge on any atom is 0.233 e. The summed E-state index contributed by atoms with van der Waals surface area (Å²) in [5.74, 6) is 0.930. The molecule has 1 amide bonds. The van der Waals surface area contributed by atoms with Gasteiger partial charge in [-0.2, -0.15) is 0 Å². The first-order valence-corrected chi connectivity index (χ1v) is 6.81. The summed E-state index contributed by atoms with van der Waals surface area (Å²) >= 11 is 3.17. The fourth-order valence-electron chi connectivity index (χ4n) is 1.43. The molecule has 0 aliphatic heterocycles. The zero-order chi connectivity index (χ0) is 12.7. The van der Waals surface area contributed by atoms with Gasteiger partial charge in [-0.25, -0.2) is 0 Å². The van der Waals surface area contributed by atoms with Crippen LogP contribution in [0.4, 0.5) is 0 Å². The molecule has 0 spiro atoms. The molecule has 94 valence electrons. The van der Waals surface area contributed by atoms with Crippen molar-refractivity contribution in [1.29, 1.82) is 0 Å². The van der Waals surface area contributed by atoms with Crippen molar-refractivity contribution >= 4 is 21.8 Å². The summed E-state index contributed by atoms with van der Waals surface area (Å²) in [6, 6.07) is 7.84. The monoisotopic (exact) mass is 299 g/mol. The number of para-hydroxylation sites is 1. The molecule has 0 N–H and O–H groups in total. The molecule has 3 nitrogen and oxygen atoms in total. The number of hydrogen-bond acceptors (Lipinski definition) is 2. The lowest BCUT2D eigenvalue weighted by atomic mass is 10.2. The summed E-state index contributed by atoms with van der Waals surface area (Å²) in [6.07, 6.45) is 0.977. The van der Waals surface area contributed by atoms with Crippen LogP contribution in [0.3, 0.4) is 0 Å². The van der Waals surface area contributed by atoms with Gasteiger partial charge in [-0.15, -0.1) is 0 Å². The smallest absolute Gasteiger partial charge is 0.233 e. The van der Waals surface area contributed by atoms with E-state index in [0.717, 1.165) is 17.7 Å². The van der Waals surface area contributed by atoms with Gasteiger partial charge in [0.05, 0.1) is 11.9 Å². The molecule has 1 aromatic carbocycles. The van der Waals surface area contributed by atoms with Gasteiger partial charge in [-0.1, -0.05) is 41.1 Å². The largest absolute Gasteiger partial charge is 0.493 e. The van der Waals surface area contributed by atoms with Crippen LogP contribution in [-0.4, -0.2) is 29.8 Å². The fraction of sp³-hybridized carbons (Fsp3) is 0.462. The zero-order valence-electron chi connectivity index (χ0n) is 10.3. The summed E-state index contributed by atoms with van der Waals surface area (Å²) < 4.78 is 5.65. The summed E-state index contributed by atoms with van der Waals surface area (Å²) in [6.45, 7) is 3.35. The molecular weight excluding hydrogens is 282 g/mol. The van der Waals surface area contributed by atoms with Gasteiger partial charge in [0.2, 0.25) is 5.91 Å². The lowest BCUT2D eigenvalue weighted by Crippen LogP contribution is -2.27. The Morgan fingerprint density at radius 3 is 2.76 bits per heavy atom. The fourth-order valence-corrected chi connectivity index (χ4v) is 1.86. The van der Waals surface area contributed by atoms with E-state index in [9.17, 15) is 4.79 Å². The number of halogens is 1. The molecule has 1 rings (SSSR count). The molecule has 0 aliphatic carbocycles. The average molecular weight is 300 g/mol. The minimum atomic E-state index is 0.0651. The van der Waals surface area contributed by atoms with Crippen molar-refractivity contribution in [3.8, 4) is 5.75 Å². The van der Waals surface area contributed by atoms with Gasteiger partial charge in [-0.3, -0.25) is 4.79 Å². The number of amides is 1. The molecule has 4 heteroatoms. The van der Waals surface area contributed by atoms with Gasteiger partial charge in [-0.05, 0) is 12.5 Å². The maximum atomic E-state index is 11.5. The van der Waals surface area contributed by atoms with Gasteiger partial charge in [0, 0.05) is 19.2 Å². The van der Waals surface area contributed by atoms with Crippen molar-refractivity contribution in [3.63, 3.8) is 0 Å². The van der Waals surface area contributed by atoms with Crippen LogP contribution in [0, 0.1) is 0 Å². The van der Waals surface area contributed by atoms with Gasteiger partial charge in [0.25, 0.3) is 0 Å². The standard InChI is InChI=1S/C13H18BrNO2/c1-3-8-17-12-7-5-4-6-11(12)10-15(2)13(16)9-14/h4-7H,3,8-10H2,1-2H3. The summed E-state index contributed by atoms with van der Waals surface area (Å²) in [5.41, 5.74) is 1.04. The van der Waals surface area contributed by atoms with Crippen molar-refractivity contribution in [2.24, 2.45) is 0 Å². The highest BCUT2D eigenvalue weighted by Gasteiger charge is 2.10.